The summed E-state index contributed by atoms with van der Waals surface area (Å²) in [5, 5.41) is 10.3. The Morgan fingerprint density at radius 1 is 1.25 bits per heavy atom. The second-order valence-electron chi connectivity index (χ2n) is 6.45. The normalized spacial score (nSPS) is 20.6. The summed E-state index contributed by atoms with van der Waals surface area (Å²) in [5.74, 6) is 0.716. The van der Waals surface area contributed by atoms with Crippen LogP contribution in [0.2, 0.25) is 0 Å². The minimum atomic E-state index is -0.624. The van der Waals surface area contributed by atoms with Crippen molar-refractivity contribution < 1.29 is 14.6 Å². The van der Waals surface area contributed by atoms with Gasteiger partial charge in [0.25, 0.3) is 0 Å². The van der Waals surface area contributed by atoms with Crippen LogP contribution in [-0.2, 0) is 4.74 Å². The number of methoxy groups -OCH3 is 1. The van der Waals surface area contributed by atoms with Gasteiger partial charge in [0, 0.05) is 5.56 Å². The molecule has 0 radical (unpaired) electrons. The number of hydrogen-bond donors (Lipinski definition) is 1. The summed E-state index contributed by atoms with van der Waals surface area (Å²) in [7, 11) is 1.62. The van der Waals surface area contributed by atoms with Crippen molar-refractivity contribution in [1.29, 1.82) is 0 Å². The maximum Gasteiger partial charge on any atom is 0.124 e. The van der Waals surface area contributed by atoms with E-state index in [2.05, 4.69) is 13.8 Å². The van der Waals surface area contributed by atoms with Gasteiger partial charge in [0.1, 0.15) is 11.9 Å². The van der Waals surface area contributed by atoms with Crippen molar-refractivity contribution in [1.82, 2.24) is 0 Å². The number of ether oxygens (including phenoxy) is 2. The Morgan fingerprint density at radius 2 is 1.90 bits per heavy atom. The molecule has 0 spiro atoms. The van der Waals surface area contributed by atoms with Crippen molar-refractivity contribution in [3.05, 3.63) is 29.8 Å². The lowest BCUT2D eigenvalue weighted by atomic mass is 9.76. The molecule has 0 aliphatic heterocycles. The highest BCUT2D eigenvalue weighted by atomic mass is 16.5. The quantitative estimate of drug-likeness (QED) is 0.892. The molecule has 3 nitrogen and oxygen atoms in total. The largest absolute Gasteiger partial charge is 0.496 e. The van der Waals surface area contributed by atoms with Gasteiger partial charge in [-0.25, -0.2) is 0 Å². The van der Waals surface area contributed by atoms with Crippen molar-refractivity contribution in [2.75, 3.05) is 13.7 Å². The number of hydrogen-bond acceptors (Lipinski definition) is 3. The summed E-state index contributed by atoms with van der Waals surface area (Å²) in [5.41, 5.74) is 1.24. The molecule has 1 aliphatic carbocycles. The van der Waals surface area contributed by atoms with Crippen LogP contribution in [0.3, 0.4) is 0 Å². The van der Waals surface area contributed by atoms with Crippen LogP contribution in [0.1, 0.15) is 51.2 Å². The second kappa shape index (κ2) is 6.59. The molecule has 1 N–H and O–H groups in total. The fraction of sp³-hybridized carbons (Fsp3) is 0.647. The molecule has 1 fully saturated rings. The topological polar surface area (TPSA) is 38.7 Å². The summed E-state index contributed by atoms with van der Waals surface area (Å²) in [4.78, 5) is 0. The highest BCUT2D eigenvalue weighted by molar-refractivity contribution is 5.34. The van der Waals surface area contributed by atoms with Gasteiger partial charge in [-0.15, -0.1) is 0 Å². The Kier molecular flexibility index (Phi) is 5.06. The van der Waals surface area contributed by atoms with Gasteiger partial charge in [-0.2, -0.15) is 0 Å². The van der Waals surface area contributed by atoms with E-state index in [1.54, 1.807) is 7.11 Å². The smallest absolute Gasteiger partial charge is 0.124 e. The molecule has 3 heteroatoms. The summed E-state index contributed by atoms with van der Waals surface area (Å²) in [6, 6.07) is 7.56. The number of rotatable bonds is 5. The summed E-state index contributed by atoms with van der Waals surface area (Å²) < 4.78 is 11.2. The minimum absolute atomic E-state index is 0.285. The van der Waals surface area contributed by atoms with E-state index in [1.165, 1.54) is 12.8 Å². The number of aliphatic hydroxyl groups excluding tert-OH is 1. The van der Waals surface area contributed by atoms with Gasteiger partial charge in [-0.05, 0) is 37.2 Å². The standard InChI is InChI=1S/C17H26O3/c1-17(2)10-8-13(9-11-17)20-12-15(18)14-6-4-5-7-16(14)19-3/h4-7,13,15,18H,8-12H2,1-3H3. The number of para-hydroxylation sites is 1. The lowest BCUT2D eigenvalue weighted by Crippen LogP contribution is -2.27. The van der Waals surface area contributed by atoms with Crippen LogP contribution in [-0.4, -0.2) is 24.9 Å². The van der Waals surface area contributed by atoms with Crippen LogP contribution >= 0.6 is 0 Å². The summed E-state index contributed by atoms with van der Waals surface area (Å²) in [6.45, 7) is 4.96. The van der Waals surface area contributed by atoms with E-state index in [4.69, 9.17) is 9.47 Å². The number of aliphatic hydroxyl groups is 1. The van der Waals surface area contributed by atoms with E-state index in [-0.39, 0.29) is 6.10 Å². The Labute approximate surface area is 121 Å². The van der Waals surface area contributed by atoms with Crippen LogP contribution < -0.4 is 4.74 Å². The number of benzene rings is 1. The van der Waals surface area contributed by atoms with Crippen LogP contribution in [0.4, 0.5) is 0 Å². The van der Waals surface area contributed by atoms with Gasteiger partial charge >= 0.3 is 0 Å². The monoisotopic (exact) mass is 278 g/mol. The summed E-state index contributed by atoms with van der Waals surface area (Å²) >= 11 is 0. The molecule has 112 valence electrons. The van der Waals surface area contributed by atoms with Gasteiger partial charge < -0.3 is 14.6 Å². The molecule has 0 amide bonds. The zero-order chi connectivity index (χ0) is 14.6. The average molecular weight is 278 g/mol. The molecule has 0 aromatic heterocycles. The predicted octanol–water partition coefficient (Wildman–Crippen LogP) is 3.71. The predicted molar refractivity (Wildman–Crippen MR) is 79.9 cm³/mol. The Balaban J connectivity index is 1.85. The third kappa shape index (κ3) is 3.97. The molecule has 2 rings (SSSR count). The van der Waals surface area contributed by atoms with Gasteiger partial charge in [0.15, 0.2) is 0 Å². The van der Waals surface area contributed by atoms with Crippen molar-refractivity contribution in [3.8, 4) is 5.75 Å². The van der Waals surface area contributed by atoms with Crippen LogP contribution in [0, 0.1) is 5.41 Å². The first-order valence-electron chi connectivity index (χ1n) is 7.44. The molecule has 1 saturated carbocycles. The lowest BCUT2D eigenvalue weighted by molar-refractivity contribution is -0.0384. The minimum Gasteiger partial charge on any atom is -0.496 e. The molecule has 20 heavy (non-hydrogen) atoms. The van der Waals surface area contributed by atoms with Gasteiger partial charge in [-0.1, -0.05) is 32.0 Å². The van der Waals surface area contributed by atoms with Gasteiger partial charge in [0.2, 0.25) is 0 Å². The maximum atomic E-state index is 10.3. The van der Waals surface area contributed by atoms with Crippen LogP contribution in [0.5, 0.6) is 5.75 Å². The lowest BCUT2D eigenvalue weighted by Gasteiger charge is -2.34. The van der Waals surface area contributed by atoms with Gasteiger partial charge in [0.05, 0.1) is 19.8 Å². The third-order valence-corrected chi connectivity index (χ3v) is 4.27. The molecule has 0 saturated heterocycles. The van der Waals surface area contributed by atoms with Crippen LogP contribution in [0.25, 0.3) is 0 Å². The Morgan fingerprint density at radius 3 is 2.55 bits per heavy atom. The molecule has 1 unspecified atom stereocenters. The first-order valence-corrected chi connectivity index (χ1v) is 7.44. The first kappa shape index (κ1) is 15.3. The molecule has 1 atom stereocenters. The Hall–Kier alpha value is -1.06. The molecule has 1 aromatic rings. The van der Waals surface area contributed by atoms with E-state index in [0.29, 0.717) is 17.8 Å². The third-order valence-electron chi connectivity index (χ3n) is 4.27. The van der Waals surface area contributed by atoms with E-state index in [0.717, 1.165) is 18.4 Å². The van der Waals surface area contributed by atoms with Crippen molar-refractivity contribution in [3.63, 3.8) is 0 Å². The van der Waals surface area contributed by atoms with E-state index >= 15 is 0 Å². The SMILES string of the molecule is COc1ccccc1C(O)COC1CCC(C)(C)CC1. The van der Waals surface area contributed by atoms with Crippen LogP contribution in [0.15, 0.2) is 24.3 Å². The second-order valence-corrected chi connectivity index (χ2v) is 6.45. The fourth-order valence-electron chi connectivity index (χ4n) is 2.80. The van der Waals surface area contributed by atoms with Crippen molar-refractivity contribution in [2.45, 2.75) is 51.7 Å². The van der Waals surface area contributed by atoms with Crippen molar-refractivity contribution >= 4 is 0 Å². The molecule has 0 heterocycles. The van der Waals surface area contributed by atoms with Gasteiger partial charge in [-0.3, -0.25) is 0 Å². The molecular formula is C17H26O3. The zero-order valence-corrected chi connectivity index (χ0v) is 12.8. The molecular weight excluding hydrogens is 252 g/mol. The summed E-state index contributed by atoms with van der Waals surface area (Å²) in [6.07, 6.45) is 4.23. The zero-order valence-electron chi connectivity index (χ0n) is 12.8. The molecule has 1 aliphatic rings. The van der Waals surface area contributed by atoms with E-state index in [9.17, 15) is 5.11 Å². The average Bonchev–Trinajstić information content (AvgIpc) is 2.45. The highest BCUT2D eigenvalue weighted by Crippen LogP contribution is 2.36. The van der Waals surface area contributed by atoms with Crippen molar-refractivity contribution in [2.24, 2.45) is 5.41 Å². The fourth-order valence-corrected chi connectivity index (χ4v) is 2.80. The van der Waals surface area contributed by atoms with E-state index < -0.39 is 6.10 Å². The Bertz CT molecular complexity index is 418. The van der Waals surface area contributed by atoms with E-state index in [1.807, 2.05) is 24.3 Å². The highest BCUT2D eigenvalue weighted by Gasteiger charge is 2.27. The maximum absolute atomic E-state index is 10.3. The first-order chi connectivity index (χ1) is 9.52. The molecule has 0 bridgehead atoms. The molecule has 1 aromatic carbocycles.